The van der Waals surface area contributed by atoms with Gasteiger partial charge in [0.15, 0.2) is 0 Å². The number of hydrogen-bond donors (Lipinski definition) is 1. The minimum atomic E-state index is -0.296. The number of hydrogen-bond acceptors (Lipinski definition) is 4. The van der Waals surface area contributed by atoms with Crippen molar-refractivity contribution in [1.82, 2.24) is 15.5 Å². The fourth-order valence-electron chi connectivity index (χ4n) is 2.17. The van der Waals surface area contributed by atoms with E-state index in [1.807, 2.05) is 30.3 Å². The molecule has 0 aliphatic heterocycles. The van der Waals surface area contributed by atoms with Crippen molar-refractivity contribution in [2.45, 2.75) is 19.4 Å². The molecule has 5 nitrogen and oxygen atoms in total. The van der Waals surface area contributed by atoms with E-state index in [4.69, 9.17) is 4.52 Å². The van der Waals surface area contributed by atoms with Crippen LogP contribution in [0.2, 0.25) is 0 Å². The van der Waals surface area contributed by atoms with Crippen LogP contribution in [0, 0.1) is 5.82 Å². The molecular formula is C18H16FN3O2. The van der Waals surface area contributed by atoms with Gasteiger partial charge in [-0.2, -0.15) is 4.98 Å². The Kier molecular flexibility index (Phi) is 4.96. The largest absolute Gasteiger partial charge is 0.352 e. The monoisotopic (exact) mass is 325 g/mol. The van der Waals surface area contributed by atoms with Gasteiger partial charge in [0.1, 0.15) is 5.82 Å². The smallest absolute Gasteiger partial charge is 0.227 e. The molecule has 3 rings (SSSR count). The fourth-order valence-corrected chi connectivity index (χ4v) is 2.17. The molecule has 1 N–H and O–H groups in total. The van der Waals surface area contributed by atoms with Crippen LogP contribution in [-0.4, -0.2) is 16.0 Å². The average molecular weight is 325 g/mol. The first-order valence-electron chi connectivity index (χ1n) is 7.60. The van der Waals surface area contributed by atoms with Gasteiger partial charge in [0.05, 0.1) is 0 Å². The third kappa shape index (κ3) is 4.25. The summed E-state index contributed by atoms with van der Waals surface area (Å²) in [4.78, 5) is 16.1. The van der Waals surface area contributed by atoms with Crippen molar-refractivity contribution in [3.05, 3.63) is 71.9 Å². The van der Waals surface area contributed by atoms with Crippen molar-refractivity contribution in [2.75, 3.05) is 0 Å². The molecule has 1 amide bonds. The molecule has 3 aromatic rings. The molecule has 1 aromatic heterocycles. The number of nitrogens with zero attached hydrogens (tertiary/aromatic N) is 2. The van der Waals surface area contributed by atoms with E-state index < -0.39 is 0 Å². The van der Waals surface area contributed by atoms with E-state index in [2.05, 4.69) is 15.5 Å². The van der Waals surface area contributed by atoms with Crippen LogP contribution in [0.5, 0.6) is 0 Å². The Morgan fingerprint density at radius 1 is 1.08 bits per heavy atom. The van der Waals surface area contributed by atoms with Crippen molar-refractivity contribution < 1.29 is 13.7 Å². The maximum absolute atomic E-state index is 12.8. The van der Waals surface area contributed by atoms with Crippen molar-refractivity contribution >= 4 is 5.91 Å². The predicted octanol–water partition coefficient (Wildman–Crippen LogP) is 3.12. The van der Waals surface area contributed by atoms with Crippen LogP contribution in [0.1, 0.15) is 17.9 Å². The highest BCUT2D eigenvalue weighted by Gasteiger charge is 2.10. The van der Waals surface area contributed by atoms with Crippen LogP contribution in [0.15, 0.2) is 59.1 Å². The number of benzene rings is 2. The lowest BCUT2D eigenvalue weighted by Crippen LogP contribution is -2.23. The van der Waals surface area contributed by atoms with Gasteiger partial charge in [0, 0.05) is 24.9 Å². The molecule has 0 bridgehead atoms. The second kappa shape index (κ2) is 7.50. The molecule has 24 heavy (non-hydrogen) atoms. The zero-order valence-corrected chi connectivity index (χ0v) is 12.9. The molecule has 0 atom stereocenters. The molecule has 0 spiro atoms. The van der Waals surface area contributed by atoms with E-state index in [1.165, 1.54) is 12.1 Å². The highest BCUT2D eigenvalue weighted by Crippen LogP contribution is 2.15. The van der Waals surface area contributed by atoms with Gasteiger partial charge in [-0.3, -0.25) is 4.79 Å². The number of rotatable bonds is 6. The molecule has 0 fully saturated rings. The van der Waals surface area contributed by atoms with Crippen LogP contribution < -0.4 is 5.32 Å². The molecule has 1 heterocycles. The number of aromatic nitrogens is 2. The zero-order valence-electron chi connectivity index (χ0n) is 12.9. The lowest BCUT2D eigenvalue weighted by atomic mass is 10.2. The van der Waals surface area contributed by atoms with Crippen molar-refractivity contribution in [1.29, 1.82) is 0 Å². The van der Waals surface area contributed by atoms with Gasteiger partial charge in [-0.05, 0) is 17.7 Å². The number of amides is 1. The average Bonchev–Trinajstić information content (AvgIpc) is 3.09. The van der Waals surface area contributed by atoms with Gasteiger partial charge in [0.25, 0.3) is 0 Å². The zero-order chi connectivity index (χ0) is 16.8. The first-order chi connectivity index (χ1) is 11.7. The molecule has 6 heteroatoms. The van der Waals surface area contributed by atoms with Gasteiger partial charge in [-0.1, -0.05) is 47.6 Å². The summed E-state index contributed by atoms with van der Waals surface area (Å²) in [5, 5.41) is 6.69. The minimum absolute atomic E-state index is 0.126. The Morgan fingerprint density at radius 3 is 2.58 bits per heavy atom. The SMILES string of the molecule is O=C(CCc1nc(-c2ccccc2)no1)NCc1ccc(F)cc1. The van der Waals surface area contributed by atoms with Crippen LogP contribution in [0.4, 0.5) is 4.39 Å². The Balaban J connectivity index is 1.48. The third-order valence-electron chi connectivity index (χ3n) is 3.47. The summed E-state index contributed by atoms with van der Waals surface area (Å²) in [6, 6.07) is 15.5. The lowest BCUT2D eigenvalue weighted by Gasteiger charge is -2.04. The van der Waals surface area contributed by atoms with E-state index in [1.54, 1.807) is 12.1 Å². The van der Waals surface area contributed by atoms with E-state index in [9.17, 15) is 9.18 Å². The van der Waals surface area contributed by atoms with Crippen molar-refractivity contribution in [3.63, 3.8) is 0 Å². The standard InChI is InChI=1S/C18H16FN3O2/c19-15-8-6-13(7-9-15)12-20-16(23)10-11-17-21-18(22-24-17)14-4-2-1-3-5-14/h1-9H,10-12H2,(H,20,23). The first-order valence-corrected chi connectivity index (χ1v) is 7.60. The van der Waals surface area contributed by atoms with Gasteiger partial charge in [-0.15, -0.1) is 0 Å². The molecule has 0 unspecified atom stereocenters. The molecule has 122 valence electrons. The van der Waals surface area contributed by atoms with Crippen molar-refractivity contribution in [2.24, 2.45) is 0 Å². The predicted molar refractivity (Wildman–Crippen MR) is 86.3 cm³/mol. The Labute approximate surface area is 138 Å². The molecular weight excluding hydrogens is 309 g/mol. The highest BCUT2D eigenvalue weighted by atomic mass is 19.1. The summed E-state index contributed by atoms with van der Waals surface area (Å²) < 4.78 is 18.0. The number of halogens is 1. The topological polar surface area (TPSA) is 68.0 Å². The fraction of sp³-hybridized carbons (Fsp3) is 0.167. The number of carbonyl (C=O) groups excluding carboxylic acids is 1. The Bertz CT molecular complexity index is 801. The second-order valence-corrected chi connectivity index (χ2v) is 5.28. The highest BCUT2D eigenvalue weighted by molar-refractivity contribution is 5.76. The van der Waals surface area contributed by atoms with E-state index in [-0.39, 0.29) is 18.1 Å². The summed E-state index contributed by atoms with van der Waals surface area (Å²) in [6.45, 7) is 0.359. The Morgan fingerprint density at radius 2 is 1.83 bits per heavy atom. The van der Waals surface area contributed by atoms with Gasteiger partial charge in [-0.25, -0.2) is 4.39 Å². The second-order valence-electron chi connectivity index (χ2n) is 5.28. The van der Waals surface area contributed by atoms with E-state index in [0.29, 0.717) is 24.7 Å². The van der Waals surface area contributed by atoms with Gasteiger partial charge in [0.2, 0.25) is 17.6 Å². The number of carbonyl (C=O) groups is 1. The molecule has 0 aliphatic rings. The quantitative estimate of drug-likeness (QED) is 0.756. The maximum atomic E-state index is 12.8. The van der Waals surface area contributed by atoms with Crippen molar-refractivity contribution in [3.8, 4) is 11.4 Å². The maximum Gasteiger partial charge on any atom is 0.227 e. The number of nitrogens with one attached hydrogen (secondary N) is 1. The minimum Gasteiger partial charge on any atom is -0.352 e. The molecule has 0 radical (unpaired) electrons. The normalized spacial score (nSPS) is 10.5. The van der Waals surface area contributed by atoms with E-state index >= 15 is 0 Å². The summed E-state index contributed by atoms with van der Waals surface area (Å²) in [7, 11) is 0. The summed E-state index contributed by atoms with van der Waals surface area (Å²) in [6.07, 6.45) is 0.618. The van der Waals surface area contributed by atoms with Crippen LogP contribution in [-0.2, 0) is 17.8 Å². The third-order valence-corrected chi connectivity index (χ3v) is 3.47. The van der Waals surface area contributed by atoms with Gasteiger partial charge < -0.3 is 9.84 Å². The lowest BCUT2D eigenvalue weighted by molar-refractivity contribution is -0.121. The first kappa shape index (κ1) is 15.9. The number of aryl methyl sites for hydroxylation is 1. The van der Waals surface area contributed by atoms with Gasteiger partial charge >= 0.3 is 0 Å². The van der Waals surface area contributed by atoms with Crippen LogP contribution >= 0.6 is 0 Å². The summed E-state index contributed by atoms with van der Waals surface area (Å²) in [5.41, 5.74) is 1.71. The molecule has 0 saturated carbocycles. The van der Waals surface area contributed by atoms with Crippen LogP contribution in [0.3, 0.4) is 0 Å². The molecule has 0 aliphatic carbocycles. The molecule has 2 aromatic carbocycles. The van der Waals surface area contributed by atoms with E-state index in [0.717, 1.165) is 11.1 Å². The Hall–Kier alpha value is -3.02. The van der Waals surface area contributed by atoms with Crippen LogP contribution in [0.25, 0.3) is 11.4 Å². The molecule has 0 saturated heterocycles. The summed E-state index contributed by atoms with van der Waals surface area (Å²) in [5.74, 6) is 0.512. The summed E-state index contributed by atoms with van der Waals surface area (Å²) >= 11 is 0.